The fourth-order valence-corrected chi connectivity index (χ4v) is 1.59. The molecule has 0 amide bonds. The normalized spacial score (nSPS) is 11.7. The number of nitrogens with one attached hydrogen (secondary N) is 1. The zero-order chi connectivity index (χ0) is 14.9. The van der Waals surface area contributed by atoms with Gasteiger partial charge in [0.15, 0.2) is 0 Å². The van der Waals surface area contributed by atoms with Crippen LogP contribution >= 0.6 is 0 Å². The summed E-state index contributed by atoms with van der Waals surface area (Å²) in [6.45, 7) is 1.04. The Morgan fingerprint density at radius 3 is 2.52 bits per heavy atom. The average molecular weight is 283 g/mol. The third kappa shape index (κ3) is 4.90. The number of hydrogen-bond acceptors (Lipinski definition) is 4. The van der Waals surface area contributed by atoms with Gasteiger partial charge in [0.05, 0.1) is 12.9 Å². The zero-order valence-electron chi connectivity index (χ0n) is 11.5. The molecule has 0 atom stereocenters. The third-order valence-electron chi connectivity index (χ3n) is 2.63. The molecule has 0 unspecified atom stereocenters. The Hall–Kier alpha value is -2.96. The van der Waals surface area contributed by atoms with Gasteiger partial charge in [-0.25, -0.2) is 20.0 Å². The number of benzene rings is 1. The minimum Gasteiger partial charge on any atom is -0.390 e. The fourth-order valence-electron chi connectivity index (χ4n) is 1.59. The molecule has 0 saturated carbocycles. The Bertz CT molecular complexity index is 605. The first-order chi connectivity index (χ1) is 10.3. The van der Waals surface area contributed by atoms with Crippen molar-refractivity contribution < 1.29 is 0 Å². The lowest BCUT2D eigenvalue weighted by Gasteiger charge is -2.05. The molecule has 2 aromatic rings. The van der Waals surface area contributed by atoms with Crippen molar-refractivity contribution in [1.29, 1.82) is 0 Å². The highest BCUT2D eigenvalue weighted by Gasteiger charge is 1.98. The Balaban J connectivity index is 1.88. The molecule has 1 heterocycles. The standard InChI is InChI=1S/C14H17N7/c15-10-21-13(16)17-7-12-8-19-14(20-9-12)18-6-11-4-2-1-3-5-11/h1-5,8-10H,6-7H2,(H,18,19,20)(H4,15,16,17,21). The lowest BCUT2D eigenvalue weighted by Crippen LogP contribution is -2.10. The molecule has 21 heavy (non-hydrogen) atoms. The van der Waals surface area contributed by atoms with Crippen molar-refractivity contribution in [3.05, 3.63) is 53.9 Å². The highest BCUT2D eigenvalue weighted by Crippen LogP contribution is 2.05. The number of guanidine groups is 1. The van der Waals surface area contributed by atoms with Crippen LogP contribution in [-0.2, 0) is 13.1 Å². The molecule has 1 aromatic heterocycles. The summed E-state index contributed by atoms with van der Waals surface area (Å²) in [5.74, 6) is 0.698. The van der Waals surface area contributed by atoms with Crippen molar-refractivity contribution in [2.45, 2.75) is 13.1 Å². The first kappa shape index (κ1) is 14.4. The Morgan fingerprint density at radius 1 is 1.14 bits per heavy atom. The number of nitrogens with zero attached hydrogens (tertiary/aromatic N) is 4. The number of anilines is 1. The highest BCUT2D eigenvalue weighted by atomic mass is 15.1. The molecule has 0 bridgehead atoms. The first-order valence-electron chi connectivity index (χ1n) is 6.41. The van der Waals surface area contributed by atoms with E-state index in [-0.39, 0.29) is 5.96 Å². The van der Waals surface area contributed by atoms with Gasteiger partial charge in [-0.1, -0.05) is 30.3 Å². The minimum absolute atomic E-state index is 0.128. The summed E-state index contributed by atoms with van der Waals surface area (Å²) in [6.07, 6.45) is 4.50. The van der Waals surface area contributed by atoms with Crippen LogP contribution < -0.4 is 16.8 Å². The van der Waals surface area contributed by atoms with Gasteiger partial charge in [-0.3, -0.25) is 0 Å². The largest absolute Gasteiger partial charge is 0.390 e. The van der Waals surface area contributed by atoms with E-state index in [9.17, 15) is 0 Å². The van der Waals surface area contributed by atoms with Crippen molar-refractivity contribution in [3.8, 4) is 0 Å². The molecule has 1 aromatic carbocycles. The van der Waals surface area contributed by atoms with E-state index in [4.69, 9.17) is 11.5 Å². The predicted octanol–water partition coefficient (Wildman–Crippen LogP) is 0.890. The molecule has 108 valence electrons. The van der Waals surface area contributed by atoms with Gasteiger partial charge in [0, 0.05) is 24.5 Å². The van der Waals surface area contributed by atoms with Gasteiger partial charge >= 0.3 is 0 Å². The molecular weight excluding hydrogens is 266 g/mol. The van der Waals surface area contributed by atoms with Crippen molar-refractivity contribution in [2.24, 2.45) is 21.5 Å². The second-order valence-corrected chi connectivity index (χ2v) is 4.21. The maximum atomic E-state index is 5.49. The summed E-state index contributed by atoms with van der Waals surface area (Å²) >= 11 is 0. The van der Waals surface area contributed by atoms with Crippen LogP contribution in [0.3, 0.4) is 0 Å². The van der Waals surface area contributed by atoms with Crippen LogP contribution in [-0.4, -0.2) is 22.3 Å². The third-order valence-corrected chi connectivity index (χ3v) is 2.63. The summed E-state index contributed by atoms with van der Waals surface area (Å²) in [5.41, 5.74) is 12.6. The van der Waals surface area contributed by atoms with E-state index in [1.54, 1.807) is 12.4 Å². The summed E-state index contributed by atoms with van der Waals surface area (Å²) < 4.78 is 0. The smallest absolute Gasteiger partial charge is 0.222 e. The van der Waals surface area contributed by atoms with E-state index in [0.717, 1.165) is 11.9 Å². The molecule has 2 rings (SSSR count). The van der Waals surface area contributed by atoms with Crippen molar-refractivity contribution in [3.63, 3.8) is 0 Å². The Kier molecular flexibility index (Phi) is 5.22. The monoisotopic (exact) mass is 283 g/mol. The van der Waals surface area contributed by atoms with Gasteiger partial charge in [0.2, 0.25) is 11.9 Å². The van der Waals surface area contributed by atoms with Crippen LogP contribution in [0.4, 0.5) is 5.95 Å². The molecule has 0 aliphatic rings. The lowest BCUT2D eigenvalue weighted by molar-refractivity contribution is 0.983. The van der Waals surface area contributed by atoms with Crippen LogP contribution in [0.2, 0.25) is 0 Å². The van der Waals surface area contributed by atoms with E-state index < -0.39 is 0 Å². The SMILES string of the molecule is NC=NC(N)=NCc1cnc(NCc2ccccc2)nc1. The van der Waals surface area contributed by atoms with Crippen LogP contribution in [0.15, 0.2) is 52.7 Å². The first-order valence-corrected chi connectivity index (χ1v) is 6.41. The second-order valence-electron chi connectivity index (χ2n) is 4.21. The summed E-state index contributed by atoms with van der Waals surface area (Å²) in [6, 6.07) is 10.0. The van der Waals surface area contributed by atoms with Crippen LogP contribution in [0.5, 0.6) is 0 Å². The van der Waals surface area contributed by atoms with Crippen LogP contribution in [0, 0.1) is 0 Å². The lowest BCUT2D eigenvalue weighted by atomic mass is 10.2. The van der Waals surface area contributed by atoms with E-state index in [1.807, 2.05) is 30.3 Å². The predicted molar refractivity (Wildman–Crippen MR) is 83.8 cm³/mol. The fraction of sp³-hybridized carbons (Fsp3) is 0.143. The second kappa shape index (κ2) is 7.59. The maximum Gasteiger partial charge on any atom is 0.222 e. The average Bonchev–Trinajstić information content (AvgIpc) is 2.53. The molecule has 5 N–H and O–H groups in total. The van der Waals surface area contributed by atoms with Gasteiger partial charge in [0.25, 0.3) is 0 Å². The maximum absolute atomic E-state index is 5.49. The molecule has 0 spiro atoms. The highest BCUT2D eigenvalue weighted by molar-refractivity contribution is 5.85. The molecule has 7 heteroatoms. The van der Waals surface area contributed by atoms with E-state index in [0.29, 0.717) is 19.0 Å². The minimum atomic E-state index is 0.128. The van der Waals surface area contributed by atoms with Crippen molar-refractivity contribution in [1.82, 2.24) is 9.97 Å². The van der Waals surface area contributed by atoms with Gasteiger partial charge in [-0.15, -0.1) is 0 Å². The number of rotatable bonds is 5. The van der Waals surface area contributed by atoms with Crippen molar-refractivity contribution in [2.75, 3.05) is 5.32 Å². The van der Waals surface area contributed by atoms with Gasteiger partial charge in [0.1, 0.15) is 0 Å². The van der Waals surface area contributed by atoms with Gasteiger partial charge in [-0.05, 0) is 5.56 Å². The molecule has 0 radical (unpaired) electrons. The van der Waals surface area contributed by atoms with Gasteiger partial charge < -0.3 is 16.8 Å². The van der Waals surface area contributed by atoms with E-state index in [2.05, 4.69) is 25.3 Å². The van der Waals surface area contributed by atoms with Crippen LogP contribution in [0.1, 0.15) is 11.1 Å². The molecular formula is C14H17N7. The van der Waals surface area contributed by atoms with E-state index >= 15 is 0 Å². The molecule has 0 saturated heterocycles. The quantitative estimate of drug-likeness (QED) is 0.557. The Labute approximate surface area is 122 Å². The number of hydrogen-bond donors (Lipinski definition) is 3. The zero-order valence-corrected chi connectivity index (χ0v) is 11.5. The van der Waals surface area contributed by atoms with Crippen LogP contribution in [0.25, 0.3) is 0 Å². The van der Waals surface area contributed by atoms with Gasteiger partial charge in [-0.2, -0.15) is 0 Å². The summed E-state index contributed by atoms with van der Waals surface area (Å²) in [4.78, 5) is 16.1. The number of aliphatic imine (C=N–C) groups is 2. The molecule has 0 aliphatic carbocycles. The summed E-state index contributed by atoms with van der Waals surface area (Å²) in [7, 11) is 0. The van der Waals surface area contributed by atoms with Crippen molar-refractivity contribution >= 4 is 18.2 Å². The van der Waals surface area contributed by atoms with E-state index in [1.165, 1.54) is 5.56 Å². The molecule has 7 nitrogen and oxygen atoms in total. The molecule has 0 aliphatic heterocycles. The Morgan fingerprint density at radius 2 is 1.86 bits per heavy atom. The molecule has 0 fully saturated rings. The number of aromatic nitrogens is 2. The topological polar surface area (TPSA) is 115 Å². The number of nitrogens with two attached hydrogens (primary N) is 2. The summed E-state index contributed by atoms with van der Waals surface area (Å²) in [5, 5.41) is 3.15.